The van der Waals surface area contributed by atoms with Gasteiger partial charge in [-0.15, -0.1) is 0 Å². The number of hydrogen-bond donors (Lipinski definition) is 5. The molecule has 0 radical (unpaired) electrons. The zero-order chi connectivity index (χ0) is 19.3. The normalized spacial score (nSPS) is 44.0. The lowest BCUT2D eigenvalue weighted by atomic mass is 9.70. The van der Waals surface area contributed by atoms with Crippen LogP contribution < -0.4 is 26.6 Å². The first-order valence-electron chi connectivity index (χ1n) is 11.7. The van der Waals surface area contributed by atoms with Crippen molar-refractivity contribution in [3.8, 4) is 0 Å². The molecule has 3 aliphatic heterocycles. The molecule has 3 fully saturated rings. The number of rotatable bonds is 4. The molecular formula is C21H39N5O. The van der Waals surface area contributed by atoms with Crippen molar-refractivity contribution in [3.63, 3.8) is 0 Å². The van der Waals surface area contributed by atoms with Crippen molar-refractivity contribution in [3.05, 3.63) is 11.6 Å². The van der Waals surface area contributed by atoms with E-state index in [-0.39, 0.29) is 18.5 Å². The van der Waals surface area contributed by atoms with Crippen LogP contribution in [0.4, 0.5) is 0 Å². The molecule has 0 aromatic rings. The van der Waals surface area contributed by atoms with Crippen molar-refractivity contribution in [1.29, 1.82) is 0 Å². The highest BCUT2D eigenvalue weighted by Gasteiger charge is 2.42. The van der Waals surface area contributed by atoms with Crippen LogP contribution in [0, 0.1) is 11.8 Å². The van der Waals surface area contributed by atoms with Gasteiger partial charge in [-0.05, 0) is 71.4 Å². The maximum Gasteiger partial charge on any atom is 0.113 e. The average molecular weight is 379 g/mol. The molecule has 27 heavy (non-hydrogen) atoms. The summed E-state index contributed by atoms with van der Waals surface area (Å²) in [7, 11) is 1.99. The summed E-state index contributed by atoms with van der Waals surface area (Å²) in [6.45, 7) is 3.48. The lowest BCUT2D eigenvalue weighted by molar-refractivity contribution is -0.0798. The maximum atomic E-state index is 7.80. The third kappa shape index (κ3) is 4.92. The van der Waals surface area contributed by atoms with Gasteiger partial charge in [-0.3, -0.25) is 16.0 Å². The first kappa shape index (κ1) is 18.5. The van der Waals surface area contributed by atoms with E-state index in [4.69, 9.17) is 6.11 Å². The fraction of sp³-hybridized carbons (Fsp3) is 0.905. The van der Waals surface area contributed by atoms with Crippen molar-refractivity contribution < 1.29 is 6.11 Å². The lowest BCUT2D eigenvalue weighted by Crippen LogP contribution is -2.68. The Hall–Kier alpha value is -0.500. The van der Waals surface area contributed by atoms with Gasteiger partial charge >= 0.3 is 0 Å². The zero-order valence-corrected chi connectivity index (χ0v) is 16.8. The van der Waals surface area contributed by atoms with Crippen LogP contribution in [0.5, 0.6) is 0 Å². The molecule has 1 saturated carbocycles. The molecule has 4 rings (SSSR count). The molecule has 7 unspecified atom stereocenters. The van der Waals surface area contributed by atoms with Gasteiger partial charge in [0.15, 0.2) is 0 Å². The molecule has 0 aromatic heterocycles. The second-order valence-corrected chi connectivity index (χ2v) is 8.81. The first-order chi connectivity index (χ1) is 13.8. The van der Waals surface area contributed by atoms with Crippen molar-refractivity contribution in [1.82, 2.24) is 26.6 Å². The Labute approximate surface area is 166 Å². The molecular weight excluding hydrogens is 338 g/mol. The van der Waals surface area contributed by atoms with Gasteiger partial charge in [0.05, 0.1) is 12.3 Å². The topological polar surface area (TPSA) is 69.4 Å². The molecule has 3 heterocycles. The van der Waals surface area contributed by atoms with Gasteiger partial charge < -0.3 is 15.4 Å². The second kappa shape index (κ2) is 9.33. The molecule has 154 valence electrons. The third-order valence-corrected chi connectivity index (χ3v) is 6.86. The molecule has 6 heteroatoms. The first-order valence-corrected chi connectivity index (χ1v) is 11.0. The fourth-order valence-electron chi connectivity index (χ4n) is 5.56. The van der Waals surface area contributed by atoms with E-state index in [0.717, 1.165) is 32.5 Å². The summed E-state index contributed by atoms with van der Waals surface area (Å²) < 4.78 is 14.1. The Morgan fingerprint density at radius 2 is 2.19 bits per heavy atom. The predicted octanol–water partition coefficient (Wildman–Crippen LogP) is 1.26. The van der Waals surface area contributed by atoms with Crippen LogP contribution in [0.3, 0.4) is 0 Å². The van der Waals surface area contributed by atoms with E-state index in [1.54, 1.807) is 5.57 Å². The van der Waals surface area contributed by atoms with Gasteiger partial charge in [0.1, 0.15) is 6.29 Å². The Morgan fingerprint density at radius 1 is 1.22 bits per heavy atom. The Kier molecular flexibility index (Phi) is 6.40. The highest BCUT2D eigenvalue weighted by Crippen LogP contribution is 2.42. The number of nitrogens with one attached hydrogen (secondary N) is 5. The van der Waals surface area contributed by atoms with Crippen molar-refractivity contribution in [2.75, 3.05) is 26.7 Å². The predicted molar refractivity (Wildman–Crippen MR) is 109 cm³/mol. The van der Waals surface area contributed by atoms with Gasteiger partial charge in [-0.2, -0.15) is 0 Å². The molecule has 1 aliphatic carbocycles. The summed E-state index contributed by atoms with van der Waals surface area (Å²) in [5.74, 6) is 1.21. The summed E-state index contributed by atoms with van der Waals surface area (Å²) in [6.07, 6.45) is 11.4. The van der Waals surface area contributed by atoms with Gasteiger partial charge in [-0.1, -0.05) is 11.6 Å². The Bertz CT molecular complexity index is 521. The summed E-state index contributed by atoms with van der Waals surface area (Å²) >= 11 is 0. The fourth-order valence-corrected chi connectivity index (χ4v) is 5.56. The van der Waals surface area contributed by atoms with Crippen molar-refractivity contribution in [2.45, 2.75) is 82.5 Å². The quantitative estimate of drug-likeness (QED) is 0.475. The van der Waals surface area contributed by atoms with Gasteiger partial charge in [0.25, 0.3) is 0 Å². The molecule has 7 atom stereocenters. The number of fused-ring (bicyclic) bond motifs is 1. The average Bonchev–Trinajstić information content (AvgIpc) is 3.02. The SMILES string of the molecule is [2H]CC1CC(NC)NC(NC2CC3CCCOC3C(C3=CCNCCC3)C2)N1. The molecule has 4 aliphatic rings. The molecule has 0 aromatic carbocycles. The van der Waals surface area contributed by atoms with Crippen LogP contribution in [0.2, 0.25) is 0 Å². The van der Waals surface area contributed by atoms with Crippen LogP contribution in [0.25, 0.3) is 0 Å². The van der Waals surface area contributed by atoms with Crippen LogP contribution >= 0.6 is 0 Å². The van der Waals surface area contributed by atoms with Gasteiger partial charge in [-0.25, -0.2) is 0 Å². The summed E-state index contributed by atoms with van der Waals surface area (Å²) in [5, 5.41) is 17.9. The van der Waals surface area contributed by atoms with E-state index in [0.29, 0.717) is 30.9 Å². The third-order valence-electron chi connectivity index (χ3n) is 6.86. The van der Waals surface area contributed by atoms with Crippen LogP contribution in [-0.4, -0.2) is 57.4 Å². The van der Waals surface area contributed by atoms with E-state index in [1.165, 1.54) is 32.1 Å². The second-order valence-electron chi connectivity index (χ2n) is 8.81. The standard InChI is InChI=1S/C21H39N5O/c1-14-11-19(22-2)26-21(24-14)25-17-12-16-6-4-10-27-20(16)18(13-17)15-5-3-8-23-9-7-15/h7,14,16-26H,3-6,8-13H2,1-2H3/i1D. The summed E-state index contributed by atoms with van der Waals surface area (Å²) in [6, 6.07) is 0.717. The highest BCUT2D eigenvalue weighted by atomic mass is 16.5. The number of ether oxygens (including phenoxy) is 1. The minimum Gasteiger partial charge on any atom is -0.377 e. The maximum absolute atomic E-state index is 7.80. The lowest BCUT2D eigenvalue weighted by Gasteiger charge is -2.47. The molecule has 0 spiro atoms. The monoisotopic (exact) mass is 378 g/mol. The van der Waals surface area contributed by atoms with Gasteiger partial charge in [0.2, 0.25) is 0 Å². The Morgan fingerprint density at radius 3 is 3.07 bits per heavy atom. The number of hydrogen-bond acceptors (Lipinski definition) is 6. The van der Waals surface area contributed by atoms with Crippen LogP contribution in [0.15, 0.2) is 11.6 Å². The smallest absolute Gasteiger partial charge is 0.113 e. The van der Waals surface area contributed by atoms with Crippen LogP contribution in [-0.2, 0) is 4.74 Å². The van der Waals surface area contributed by atoms with Crippen molar-refractivity contribution in [2.24, 2.45) is 11.8 Å². The molecule has 6 nitrogen and oxygen atoms in total. The molecule has 2 saturated heterocycles. The minimum atomic E-state index is 0.0676. The van der Waals surface area contributed by atoms with E-state index in [9.17, 15) is 0 Å². The summed E-state index contributed by atoms with van der Waals surface area (Å²) in [5.41, 5.74) is 1.62. The molecule has 5 N–H and O–H groups in total. The van der Waals surface area contributed by atoms with E-state index in [1.807, 2.05) is 7.05 Å². The zero-order valence-electron chi connectivity index (χ0n) is 17.8. The largest absolute Gasteiger partial charge is 0.377 e. The molecule has 0 bridgehead atoms. The van der Waals surface area contributed by atoms with Crippen molar-refractivity contribution >= 4 is 0 Å². The Balaban J connectivity index is 1.44. The van der Waals surface area contributed by atoms with E-state index < -0.39 is 0 Å². The molecule has 0 amide bonds. The summed E-state index contributed by atoms with van der Waals surface area (Å²) in [4.78, 5) is 0. The minimum absolute atomic E-state index is 0.0676. The highest BCUT2D eigenvalue weighted by molar-refractivity contribution is 5.15. The van der Waals surface area contributed by atoms with E-state index in [2.05, 4.69) is 32.7 Å². The van der Waals surface area contributed by atoms with E-state index >= 15 is 0 Å². The van der Waals surface area contributed by atoms with Crippen LogP contribution in [0.1, 0.15) is 53.2 Å². The van der Waals surface area contributed by atoms with Gasteiger partial charge in [0, 0.05) is 32.5 Å².